The zero-order valence-electron chi connectivity index (χ0n) is 13.4. The second kappa shape index (κ2) is 10.9. The largest absolute Gasteiger partial charge is 0.460 e. The summed E-state index contributed by atoms with van der Waals surface area (Å²) in [6, 6.07) is 0. The lowest BCUT2D eigenvalue weighted by molar-refractivity contribution is -0.143. The molecule has 0 aromatic rings. The van der Waals surface area contributed by atoms with E-state index in [1.165, 1.54) is 6.42 Å². The Morgan fingerprint density at radius 2 is 1.85 bits per heavy atom. The molecule has 0 spiro atoms. The van der Waals surface area contributed by atoms with Gasteiger partial charge in [-0.1, -0.05) is 40.2 Å². The summed E-state index contributed by atoms with van der Waals surface area (Å²) in [5.74, 6) is 0.743. The third-order valence-corrected chi connectivity index (χ3v) is 3.43. The fourth-order valence-corrected chi connectivity index (χ4v) is 1.80. The van der Waals surface area contributed by atoms with E-state index >= 15 is 0 Å². The molecule has 4 nitrogen and oxygen atoms in total. The average molecular weight is 286 g/mol. The molecule has 0 heterocycles. The maximum absolute atomic E-state index is 11.2. The van der Waals surface area contributed by atoms with Crippen LogP contribution < -0.4 is 0 Å². The lowest BCUT2D eigenvalue weighted by Gasteiger charge is -2.19. The number of carbonyl (C=O) groups is 1. The molecule has 4 heteroatoms. The second-order valence-electron chi connectivity index (χ2n) is 5.59. The van der Waals surface area contributed by atoms with Crippen LogP contribution >= 0.6 is 0 Å². The topological polar surface area (TPSA) is 55.8 Å². The molecular weight excluding hydrogens is 256 g/mol. The van der Waals surface area contributed by atoms with E-state index < -0.39 is 12.1 Å². The molecular formula is C16H30O4. The third-order valence-electron chi connectivity index (χ3n) is 3.43. The quantitative estimate of drug-likeness (QED) is 0.468. The Kier molecular flexibility index (Phi) is 10.4. The van der Waals surface area contributed by atoms with Crippen LogP contribution in [0.4, 0.5) is 0 Å². The van der Waals surface area contributed by atoms with Gasteiger partial charge >= 0.3 is 5.97 Å². The van der Waals surface area contributed by atoms with E-state index in [0.29, 0.717) is 24.0 Å². The molecule has 0 saturated heterocycles. The molecule has 3 unspecified atom stereocenters. The van der Waals surface area contributed by atoms with Gasteiger partial charge in [0.25, 0.3) is 0 Å². The van der Waals surface area contributed by atoms with Crippen LogP contribution in [-0.2, 0) is 14.3 Å². The summed E-state index contributed by atoms with van der Waals surface area (Å²) in [6.07, 6.45) is 2.62. The molecule has 0 bridgehead atoms. The Bertz CT molecular complexity index is 288. The first-order chi connectivity index (χ1) is 9.40. The van der Waals surface area contributed by atoms with Crippen LogP contribution in [0.15, 0.2) is 12.2 Å². The third kappa shape index (κ3) is 9.10. The van der Waals surface area contributed by atoms with Gasteiger partial charge in [0.2, 0.25) is 0 Å². The predicted molar refractivity (Wildman–Crippen MR) is 80.5 cm³/mol. The van der Waals surface area contributed by atoms with Crippen LogP contribution in [0.2, 0.25) is 0 Å². The minimum absolute atomic E-state index is 0.0478. The van der Waals surface area contributed by atoms with Crippen molar-refractivity contribution in [3.63, 3.8) is 0 Å². The van der Waals surface area contributed by atoms with Gasteiger partial charge in [0.05, 0.1) is 6.61 Å². The molecule has 0 aliphatic heterocycles. The molecule has 1 N–H and O–H groups in total. The molecule has 0 aromatic heterocycles. The molecule has 0 rings (SSSR count). The summed E-state index contributed by atoms with van der Waals surface area (Å²) >= 11 is 0. The van der Waals surface area contributed by atoms with E-state index in [2.05, 4.69) is 27.4 Å². The molecule has 118 valence electrons. The van der Waals surface area contributed by atoms with E-state index in [0.717, 1.165) is 12.8 Å². The standard InChI is InChI=1S/C16H30O4/c1-6-13(5)8-14(7-2)9-19-10-15(17)11-20-16(18)12(3)4/h13-15,17H,3,6-11H2,1-2,4-5H3. The van der Waals surface area contributed by atoms with Gasteiger partial charge in [0.15, 0.2) is 0 Å². The highest BCUT2D eigenvalue weighted by atomic mass is 16.5. The molecule has 0 radical (unpaired) electrons. The highest BCUT2D eigenvalue weighted by Gasteiger charge is 2.13. The molecule has 0 aromatic carbocycles. The second-order valence-corrected chi connectivity index (χ2v) is 5.59. The number of esters is 1. The first-order valence-corrected chi connectivity index (χ1v) is 7.49. The van der Waals surface area contributed by atoms with Gasteiger partial charge in [-0.2, -0.15) is 0 Å². The van der Waals surface area contributed by atoms with Crippen LogP contribution in [-0.4, -0.2) is 37.0 Å². The molecule has 20 heavy (non-hydrogen) atoms. The van der Waals surface area contributed by atoms with Crippen molar-refractivity contribution in [2.45, 2.75) is 53.1 Å². The minimum Gasteiger partial charge on any atom is -0.460 e. The Morgan fingerprint density at radius 3 is 2.35 bits per heavy atom. The Labute approximate surface area is 123 Å². The summed E-state index contributed by atoms with van der Waals surface area (Å²) in [4.78, 5) is 11.2. The normalized spacial score (nSPS) is 15.4. The SMILES string of the molecule is C=C(C)C(=O)OCC(O)COCC(CC)CC(C)CC. The van der Waals surface area contributed by atoms with Gasteiger partial charge in [-0.3, -0.25) is 0 Å². The number of aliphatic hydroxyl groups is 1. The van der Waals surface area contributed by atoms with Crippen molar-refractivity contribution in [1.29, 1.82) is 0 Å². The summed E-state index contributed by atoms with van der Waals surface area (Å²) in [5.41, 5.74) is 0.331. The van der Waals surface area contributed by atoms with Crippen molar-refractivity contribution >= 4 is 5.97 Å². The van der Waals surface area contributed by atoms with E-state index in [1.54, 1.807) is 6.92 Å². The number of rotatable bonds is 11. The maximum atomic E-state index is 11.2. The van der Waals surface area contributed by atoms with E-state index in [1.807, 2.05) is 0 Å². The van der Waals surface area contributed by atoms with Crippen LogP contribution in [0.25, 0.3) is 0 Å². The number of hydrogen-bond donors (Lipinski definition) is 1. The zero-order valence-corrected chi connectivity index (χ0v) is 13.4. The summed E-state index contributed by atoms with van der Waals surface area (Å²) in [6.45, 7) is 12.4. The van der Waals surface area contributed by atoms with Gasteiger partial charge in [-0.25, -0.2) is 4.79 Å². The van der Waals surface area contributed by atoms with Crippen molar-refractivity contribution in [1.82, 2.24) is 0 Å². The molecule has 0 aliphatic carbocycles. The molecule has 0 saturated carbocycles. The lowest BCUT2D eigenvalue weighted by Crippen LogP contribution is -2.25. The highest BCUT2D eigenvalue weighted by molar-refractivity contribution is 5.86. The highest BCUT2D eigenvalue weighted by Crippen LogP contribution is 2.18. The van der Waals surface area contributed by atoms with Gasteiger partial charge in [-0.05, 0) is 25.2 Å². The van der Waals surface area contributed by atoms with Crippen LogP contribution in [0.5, 0.6) is 0 Å². The fourth-order valence-electron chi connectivity index (χ4n) is 1.80. The van der Waals surface area contributed by atoms with E-state index in [9.17, 15) is 9.90 Å². The van der Waals surface area contributed by atoms with Crippen LogP contribution in [0.1, 0.15) is 47.0 Å². The number of carbonyl (C=O) groups excluding carboxylic acids is 1. The van der Waals surface area contributed by atoms with Gasteiger partial charge in [0.1, 0.15) is 12.7 Å². The first-order valence-electron chi connectivity index (χ1n) is 7.49. The number of aliphatic hydroxyl groups excluding tert-OH is 1. The average Bonchev–Trinajstić information content (AvgIpc) is 2.42. The molecule has 0 aliphatic rings. The van der Waals surface area contributed by atoms with Crippen molar-refractivity contribution in [3.05, 3.63) is 12.2 Å². The van der Waals surface area contributed by atoms with Gasteiger partial charge in [0, 0.05) is 12.2 Å². The van der Waals surface area contributed by atoms with Crippen LogP contribution in [0, 0.1) is 11.8 Å². The molecule has 0 amide bonds. The monoisotopic (exact) mass is 286 g/mol. The number of hydrogen-bond acceptors (Lipinski definition) is 4. The predicted octanol–water partition coefficient (Wildman–Crippen LogP) is 2.95. The Morgan fingerprint density at radius 1 is 1.20 bits per heavy atom. The Hall–Kier alpha value is -0.870. The summed E-state index contributed by atoms with van der Waals surface area (Å²) in [5, 5.41) is 9.66. The van der Waals surface area contributed by atoms with Crippen molar-refractivity contribution in [3.8, 4) is 0 Å². The zero-order chi connectivity index (χ0) is 15.5. The maximum Gasteiger partial charge on any atom is 0.333 e. The van der Waals surface area contributed by atoms with Crippen LogP contribution in [0.3, 0.4) is 0 Å². The van der Waals surface area contributed by atoms with Crippen molar-refractivity contribution < 1.29 is 19.4 Å². The van der Waals surface area contributed by atoms with Crippen molar-refractivity contribution in [2.75, 3.05) is 19.8 Å². The summed E-state index contributed by atoms with van der Waals surface area (Å²) in [7, 11) is 0. The Balaban J connectivity index is 3.80. The number of ether oxygens (including phenoxy) is 2. The van der Waals surface area contributed by atoms with E-state index in [-0.39, 0.29) is 13.2 Å². The summed E-state index contributed by atoms with van der Waals surface area (Å²) < 4.78 is 10.4. The van der Waals surface area contributed by atoms with Gasteiger partial charge < -0.3 is 14.6 Å². The lowest BCUT2D eigenvalue weighted by atomic mass is 9.93. The van der Waals surface area contributed by atoms with Crippen molar-refractivity contribution in [2.24, 2.45) is 11.8 Å². The molecule has 3 atom stereocenters. The fraction of sp³-hybridized carbons (Fsp3) is 0.812. The minimum atomic E-state index is -0.778. The van der Waals surface area contributed by atoms with Gasteiger partial charge in [-0.15, -0.1) is 0 Å². The first kappa shape index (κ1) is 19.1. The van der Waals surface area contributed by atoms with E-state index in [4.69, 9.17) is 9.47 Å². The smallest absolute Gasteiger partial charge is 0.333 e. The molecule has 0 fully saturated rings.